The zero-order chi connectivity index (χ0) is 15.1. The second kappa shape index (κ2) is 7.90. The fraction of sp³-hybridized carbons (Fsp3) is 0.562. The Morgan fingerprint density at radius 2 is 2.05 bits per heavy atom. The van der Waals surface area contributed by atoms with E-state index in [2.05, 4.69) is 31.1 Å². The van der Waals surface area contributed by atoms with Gasteiger partial charge in [0.25, 0.3) is 5.91 Å². The standard InChI is InChI=1S/C16H26N2O2/c1-12(2)18(4)11-6-5-10-17-16(20)14-9-7-8-13(3)15(14)19/h7-9,12,19H,5-6,10-11H2,1-4H3,(H,17,20). The van der Waals surface area contributed by atoms with Gasteiger partial charge in [0, 0.05) is 12.6 Å². The summed E-state index contributed by atoms with van der Waals surface area (Å²) >= 11 is 0. The van der Waals surface area contributed by atoms with Crippen molar-refractivity contribution < 1.29 is 9.90 Å². The van der Waals surface area contributed by atoms with E-state index in [0.717, 1.165) is 24.9 Å². The second-order valence-corrected chi connectivity index (χ2v) is 5.51. The predicted octanol–water partition coefficient (Wildman–Crippen LogP) is 2.55. The quantitative estimate of drug-likeness (QED) is 0.754. The molecule has 0 bridgehead atoms. The SMILES string of the molecule is Cc1cccc(C(=O)NCCCCN(C)C(C)C)c1O. The normalized spacial score (nSPS) is 11.1. The smallest absolute Gasteiger partial charge is 0.255 e. The number of phenols is 1. The summed E-state index contributed by atoms with van der Waals surface area (Å²) in [5.41, 5.74) is 1.07. The number of aryl methyl sites for hydroxylation is 1. The van der Waals surface area contributed by atoms with E-state index in [-0.39, 0.29) is 11.7 Å². The number of phenolic OH excluding ortho intramolecular Hbond substituents is 1. The van der Waals surface area contributed by atoms with Crippen molar-refractivity contribution in [3.63, 3.8) is 0 Å². The van der Waals surface area contributed by atoms with Crippen LogP contribution in [0.3, 0.4) is 0 Å². The average Bonchev–Trinajstić information content (AvgIpc) is 2.40. The molecular formula is C16H26N2O2. The van der Waals surface area contributed by atoms with Gasteiger partial charge in [-0.15, -0.1) is 0 Å². The van der Waals surface area contributed by atoms with Gasteiger partial charge < -0.3 is 15.3 Å². The summed E-state index contributed by atoms with van der Waals surface area (Å²) in [6.07, 6.45) is 1.99. The van der Waals surface area contributed by atoms with Gasteiger partial charge in [0.15, 0.2) is 0 Å². The fourth-order valence-electron chi connectivity index (χ4n) is 1.88. The van der Waals surface area contributed by atoms with Gasteiger partial charge in [-0.2, -0.15) is 0 Å². The van der Waals surface area contributed by atoms with Gasteiger partial charge in [-0.05, 0) is 58.8 Å². The third-order valence-electron chi connectivity index (χ3n) is 3.59. The molecule has 20 heavy (non-hydrogen) atoms. The number of para-hydroxylation sites is 1. The molecule has 0 unspecified atom stereocenters. The zero-order valence-corrected chi connectivity index (χ0v) is 12.9. The van der Waals surface area contributed by atoms with Gasteiger partial charge >= 0.3 is 0 Å². The minimum absolute atomic E-state index is 0.0736. The Bertz CT molecular complexity index is 444. The average molecular weight is 278 g/mol. The summed E-state index contributed by atoms with van der Waals surface area (Å²) in [4.78, 5) is 14.2. The lowest BCUT2D eigenvalue weighted by atomic mass is 10.1. The molecule has 0 atom stereocenters. The summed E-state index contributed by atoms with van der Waals surface area (Å²) in [7, 11) is 2.11. The minimum atomic E-state index is -0.205. The molecule has 0 saturated carbocycles. The Morgan fingerprint density at radius 3 is 2.70 bits per heavy atom. The van der Waals surface area contributed by atoms with Crippen LogP contribution < -0.4 is 5.32 Å². The van der Waals surface area contributed by atoms with E-state index in [1.807, 2.05) is 0 Å². The molecule has 1 aromatic carbocycles. The molecule has 0 radical (unpaired) electrons. The van der Waals surface area contributed by atoms with Crippen molar-refractivity contribution >= 4 is 5.91 Å². The van der Waals surface area contributed by atoms with Crippen LogP contribution >= 0.6 is 0 Å². The number of nitrogens with zero attached hydrogens (tertiary/aromatic N) is 1. The molecule has 2 N–H and O–H groups in total. The Balaban J connectivity index is 2.32. The third kappa shape index (κ3) is 4.85. The van der Waals surface area contributed by atoms with E-state index < -0.39 is 0 Å². The number of hydrogen-bond donors (Lipinski definition) is 2. The molecule has 0 saturated heterocycles. The summed E-state index contributed by atoms with van der Waals surface area (Å²) < 4.78 is 0. The molecule has 1 aromatic rings. The van der Waals surface area contributed by atoms with Crippen molar-refractivity contribution in [2.45, 2.75) is 39.7 Å². The van der Waals surface area contributed by atoms with Gasteiger partial charge in [0.2, 0.25) is 0 Å². The van der Waals surface area contributed by atoms with Gasteiger partial charge in [0.1, 0.15) is 5.75 Å². The van der Waals surface area contributed by atoms with Gasteiger partial charge in [-0.1, -0.05) is 12.1 Å². The molecule has 0 fully saturated rings. The Morgan fingerprint density at radius 1 is 1.35 bits per heavy atom. The van der Waals surface area contributed by atoms with E-state index in [0.29, 0.717) is 18.2 Å². The van der Waals surface area contributed by atoms with Crippen molar-refractivity contribution in [3.05, 3.63) is 29.3 Å². The van der Waals surface area contributed by atoms with Crippen molar-refractivity contribution in [2.24, 2.45) is 0 Å². The summed E-state index contributed by atoms with van der Waals surface area (Å²) in [6, 6.07) is 5.76. The molecule has 0 aliphatic rings. The summed E-state index contributed by atoms with van der Waals surface area (Å²) in [5, 5.41) is 12.7. The molecule has 4 heteroatoms. The highest BCUT2D eigenvalue weighted by Crippen LogP contribution is 2.20. The molecule has 0 aliphatic heterocycles. The molecule has 112 valence electrons. The van der Waals surface area contributed by atoms with Crippen LogP contribution in [0.15, 0.2) is 18.2 Å². The van der Waals surface area contributed by atoms with Crippen molar-refractivity contribution in [1.29, 1.82) is 0 Å². The van der Waals surface area contributed by atoms with Crippen LogP contribution in [-0.4, -0.2) is 42.1 Å². The largest absolute Gasteiger partial charge is 0.507 e. The molecular weight excluding hydrogens is 252 g/mol. The van der Waals surface area contributed by atoms with E-state index in [4.69, 9.17) is 0 Å². The number of aromatic hydroxyl groups is 1. The topological polar surface area (TPSA) is 52.6 Å². The molecule has 0 aromatic heterocycles. The molecule has 1 rings (SSSR count). The molecule has 1 amide bonds. The van der Waals surface area contributed by atoms with Crippen LogP contribution in [0.25, 0.3) is 0 Å². The Kier molecular flexibility index (Phi) is 6.52. The number of rotatable bonds is 7. The van der Waals surface area contributed by atoms with Gasteiger partial charge in [-0.3, -0.25) is 4.79 Å². The highest BCUT2D eigenvalue weighted by atomic mass is 16.3. The number of nitrogens with one attached hydrogen (secondary N) is 1. The van der Waals surface area contributed by atoms with Crippen molar-refractivity contribution in [2.75, 3.05) is 20.1 Å². The third-order valence-corrected chi connectivity index (χ3v) is 3.59. The number of unbranched alkanes of at least 4 members (excludes halogenated alkanes) is 1. The first-order valence-corrected chi connectivity index (χ1v) is 7.20. The minimum Gasteiger partial charge on any atom is -0.507 e. The monoisotopic (exact) mass is 278 g/mol. The number of hydrogen-bond acceptors (Lipinski definition) is 3. The first kappa shape index (κ1) is 16.5. The van der Waals surface area contributed by atoms with Crippen LogP contribution in [0.4, 0.5) is 0 Å². The fourth-order valence-corrected chi connectivity index (χ4v) is 1.88. The van der Waals surface area contributed by atoms with Crippen LogP contribution in [0, 0.1) is 6.92 Å². The second-order valence-electron chi connectivity index (χ2n) is 5.51. The number of carbonyl (C=O) groups excluding carboxylic acids is 1. The van der Waals surface area contributed by atoms with Crippen molar-refractivity contribution in [1.82, 2.24) is 10.2 Å². The molecule has 0 spiro atoms. The highest BCUT2D eigenvalue weighted by Gasteiger charge is 2.11. The number of benzene rings is 1. The maximum absolute atomic E-state index is 11.9. The Hall–Kier alpha value is -1.55. The van der Waals surface area contributed by atoms with Crippen LogP contribution in [0.5, 0.6) is 5.75 Å². The van der Waals surface area contributed by atoms with E-state index in [9.17, 15) is 9.90 Å². The molecule has 0 aliphatic carbocycles. The first-order chi connectivity index (χ1) is 9.43. The predicted molar refractivity (Wildman–Crippen MR) is 82.2 cm³/mol. The number of amides is 1. The van der Waals surface area contributed by atoms with E-state index in [1.54, 1.807) is 25.1 Å². The van der Waals surface area contributed by atoms with Crippen LogP contribution in [0.1, 0.15) is 42.6 Å². The van der Waals surface area contributed by atoms with Gasteiger partial charge in [0.05, 0.1) is 5.56 Å². The van der Waals surface area contributed by atoms with Gasteiger partial charge in [-0.25, -0.2) is 0 Å². The Labute approximate surface area is 121 Å². The first-order valence-electron chi connectivity index (χ1n) is 7.20. The van der Waals surface area contributed by atoms with E-state index in [1.165, 1.54) is 0 Å². The molecule has 0 heterocycles. The van der Waals surface area contributed by atoms with Crippen molar-refractivity contribution in [3.8, 4) is 5.75 Å². The summed E-state index contributed by atoms with van der Waals surface area (Å²) in [6.45, 7) is 7.79. The highest BCUT2D eigenvalue weighted by molar-refractivity contribution is 5.97. The van der Waals surface area contributed by atoms with E-state index >= 15 is 0 Å². The van der Waals surface area contributed by atoms with Crippen LogP contribution in [-0.2, 0) is 0 Å². The number of carbonyl (C=O) groups is 1. The maximum atomic E-state index is 11.9. The lowest BCUT2D eigenvalue weighted by Gasteiger charge is -2.20. The lowest BCUT2D eigenvalue weighted by Crippen LogP contribution is -2.29. The maximum Gasteiger partial charge on any atom is 0.255 e. The zero-order valence-electron chi connectivity index (χ0n) is 12.9. The van der Waals surface area contributed by atoms with Crippen LogP contribution in [0.2, 0.25) is 0 Å². The summed E-state index contributed by atoms with van der Waals surface area (Å²) in [5.74, 6) is -0.132. The lowest BCUT2D eigenvalue weighted by molar-refractivity contribution is 0.0949. The molecule has 4 nitrogen and oxygen atoms in total.